The van der Waals surface area contributed by atoms with Gasteiger partial charge in [-0.05, 0) is 82.1 Å². The number of para-hydroxylation sites is 2. The Balaban J connectivity index is 1.20. The zero-order valence-corrected chi connectivity index (χ0v) is 28.4. The van der Waals surface area contributed by atoms with Crippen LogP contribution in [0.2, 0.25) is 0 Å². The zero-order valence-electron chi connectivity index (χ0n) is 28.4. The van der Waals surface area contributed by atoms with Crippen molar-refractivity contribution in [3.8, 4) is 0 Å². The first-order chi connectivity index (χ1) is 24.1. The molecule has 0 unspecified atom stereocenters. The Labute approximate surface area is 291 Å². The summed E-state index contributed by atoms with van der Waals surface area (Å²) < 4.78 is 84.9. The number of likely N-dealkylation sites (tertiary alicyclic amines) is 2. The monoisotopic (exact) mass is 723 g/mol. The number of aromatic nitrogens is 2. The van der Waals surface area contributed by atoms with Gasteiger partial charge in [-0.2, -0.15) is 26.3 Å². The molecule has 0 aliphatic carbocycles. The molecule has 3 aliphatic rings. The number of fused-ring (bicyclic) bond motifs is 1. The van der Waals surface area contributed by atoms with E-state index >= 15 is 0 Å². The predicted octanol–water partition coefficient (Wildman–Crippen LogP) is 4.60. The van der Waals surface area contributed by atoms with E-state index in [1.165, 1.54) is 0 Å². The number of carbonyl (C=O) groups excluding carboxylic acids is 2. The van der Waals surface area contributed by atoms with Gasteiger partial charge in [0.15, 0.2) is 0 Å². The number of nitrogen functional groups attached to an aromatic ring is 1. The predicted molar refractivity (Wildman–Crippen MR) is 179 cm³/mol. The number of hydrogen-bond donors (Lipinski definition) is 2. The van der Waals surface area contributed by atoms with E-state index in [1.807, 2.05) is 18.2 Å². The summed E-state index contributed by atoms with van der Waals surface area (Å²) >= 11 is 0. The van der Waals surface area contributed by atoms with Crippen molar-refractivity contribution in [1.82, 2.24) is 29.2 Å². The molecule has 16 heteroatoms. The summed E-state index contributed by atoms with van der Waals surface area (Å²) in [6, 6.07) is 8.56. The summed E-state index contributed by atoms with van der Waals surface area (Å²) in [4.78, 5) is 51.1. The Morgan fingerprint density at radius 2 is 1.39 bits per heavy atom. The van der Waals surface area contributed by atoms with Gasteiger partial charge in [0.25, 0.3) is 0 Å². The molecule has 1 aromatic heterocycles. The standard InChI is InChI=1S/C35H43F6N7O3/c1-44-10-6-24(7-11-44)45-14-16-47(17-15-45)32(50)23(18-22-19-26(34(36,37)38)31(42)27(20-22)35(39,40)41)21-30(49)46-12-8-25(9-13-46)48-29-5-3-2-4-28(29)43-33(48)51/h2-5,19-20,23-25H,6-18,21,42H2,1H3,(H,43,51)/t23-/m0/s1. The van der Waals surface area contributed by atoms with E-state index in [2.05, 4.69) is 21.8 Å². The van der Waals surface area contributed by atoms with Gasteiger partial charge in [-0.25, -0.2) is 4.79 Å². The van der Waals surface area contributed by atoms with Crippen LogP contribution in [0.25, 0.3) is 11.0 Å². The summed E-state index contributed by atoms with van der Waals surface area (Å²) in [5, 5.41) is 0. The van der Waals surface area contributed by atoms with Gasteiger partial charge in [-0.1, -0.05) is 12.1 Å². The molecule has 278 valence electrons. The summed E-state index contributed by atoms with van der Waals surface area (Å²) in [6.07, 6.45) is -8.35. The Morgan fingerprint density at radius 1 is 0.824 bits per heavy atom. The molecule has 2 amide bonds. The maximum Gasteiger partial charge on any atom is 0.418 e. The number of benzene rings is 2. The molecule has 6 rings (SSSR count). The van der Waals surface area contributed by atoms with Gasteiger partial charge in [0.2, 0.25) is 11.8 Å². The molecule has 10 nitrogen and oxygen atoms in total. The van der Waals surface area contributed by atoms with Gasteiger partial charge >= 0.3 is 18.0 Å². The van der Waals surface area contributed by atoms with Crippen LogP contribution in [-0.4, -0.2) is 106 Å². The molecule has 0 saturated carbocycles. The van der Waals surface area contributed by atoms with E-state index in [9.17, 15) is 40.7 Å². The fourth-order valence-electron chi connectivity index (χ4n) is 7.91. The highest BCUT2D eigenvalue weighted by Crippen LogP contribution is 2.42. The second kappa shape index (κ2) is 14.5. The number of nitrogens with one attached hydrogen (secondary N) is 1. The lowest BCUT2D eigenvalue weighted by atomic mass is 9.90. The number of piperazine rings is 1. The SMILES string of the molecule is CN1CCC(N2CCN(C(=O)[C@H](CC(=O)N3CCC(n4c(=O)[nH]c5ccccc54)CC3)Cc3cc(C(F)(F)F)c(N)c(C(F)(F)F)c3)CC2)CC1. The van der Waals surface area contributed by atoms with Crippen molar-refractivity contribution < 1.29 is 35.9 Å². The van der Waals surface area contributed by atoms with E-state index in [-0.39, 0.29) is 30.4 Å². The Hall–Kier alpha value is -4.05. The largest absolute Gasteiger partial charge is 0.418 e. The summed E-state index contributed by atoms with van der Waals surface area (Å²) in [6.45, 7) is 4.30. The van der Waals surface area contributed by atoms with Crippen molar-refractivity contribution >= 4 is 28.5 Å². The topological polar surface area (TPSA) is 111 Å². The number of halogens is 6. The first-order valence-corrected chi connectivity index (χ1v) is 17.4. The summed E-state index contributed by atoms with van der Waals surface area (Å²) in [5.41, 5.74) is 1.47. The van der Waals surface area contributed by atoms with E-state index < -0.39 is 59.7 Å². The van der Waals surface area contributed by atoms with Gasteiger partial charge in [-0.3, -0.25) is 19.1 Å². The average molecular weight is 724 g/mol. The second-order valence-corrected chi connectivity index (χ2v) is 14.0. The van der Waals surface area contributed by atoms with Crippen LogP contribution in [0.1, 0.15) is 54.8 Å². The number of nitrogens with zero attached hydrogens (tertiary/aromatic N) is 5. The van der Waals surface area contributed by atoms with Crippen molar-refractivity contribution in [3.05, 3.63) is 63.6 Å². The third-order valence-corrected chi connectivity index (χ3v) is 10.7. The number of nitrogens with two attached hydrogens (primary N) is 1. The molecule has 3 N–H and O–H groups in total. The zero-order chi connectivity index (χ0) is 36.7. The minimum Gasteiger partial charge on any atom is -0.398 e. The maximum absolute atomic E-state index is 14.1. The Morgan fingerprint density at radius 3 is 1.98 bits per heavy atom. The molecule has 3 aromatic rings. The number of rotatable bonds is 7. The molecule has 4 heterocycles. The number of carbonyl (C=O) groups is 2. The lowest BCUT2D eigenvalue weighted by Gasteiger charge is -2.43. The van der Waals surface area contributed by atoms with Crippen molar-refractivity contribution in [3.63, 3.8) is 0 Å². The van der Waals surface area contributed by atoms with E-state index in [0.29, 0.717) is 62.7 Å². The number of aromatic amines is 1. The molecule has 3 fully saturated rings. The molecule has 51 heavy (non-hydrogen) atoms. The van der Waals surface area contributed by atoms with Gasteiger partial charge in [0.05, 0.1) is 33.8 Å². The van der Waals surface area contributed by atoms with Crippen LogP contribution in [0.4, 0.5) is 32.0 Å². The van der Waals surface area contributed by atoms with Crippen LogP contribution in [0.5, 0.6) is 0 Å². The Kier molecular flexibility index (Phi) is 10.5. The molecule has 3 aliphatic heterocycles. The van der Waals surface area contributed by atoms with Crippen LogP contribution < -0.4 is 11.4 Å². The smallest absolute Gasteiger partial charge is 0.398 e. The highest BCUT2D eigenvalue weighted by molar-refractivity contribution is 5.86. The van der Waals surface area contributed by atoms with Gasteiger partial charge in [0, 0.05) is 57.8 Å². The number of amides is 2. The molecule has 2 aromatic carbocycles. The molecular formula is C35H43F6N7O3. The first kappa shape index (κ1) is 36.7. The van der Waals surface area contributed by atoms with E-state index in [0.717, 1.165) is 31.4 Å². The van der Waals surface area contributed by atoms with Crippen molar-refractivity contribution in [1.29, 1.82) is 0 Å². The molecule has 0 bridgehead atoms. The highest BCUT2D eigenvalue weighted by Gasteiger charge is 2.42. The number of anilines is 1. The summed E-state index contributed by atoms with van der Waals surface area (Å²) in [7, 11) is 2.07. The van der Waals surface area contributed by atoms with Crippen LogP contribution in [0, 0.1) is 5.92 Å². The fourth-order valence-corrected chi connectivity index (χ4v) is 7.91. The fraction of sp³-hybridized carbons (Fsp3) is 0.571. The number of piperidine rings is 2. The van der Waals surface area contributed by atoms with Crippen LogP contribution in [0.15, 0.2) is 41.2 Å². The lowest BCUT2D eigenvalue weighted by molar-refractivity contribution is -0.143. The van der Waals surface area contributed by atoms with Crippen LogP contribution in [0.3, 0.4) is 0 Å². The normalized spacial score (nSPS) is 19.9. The van der Waals surface area contributed by atoms with E-state index in [4.69, 9.17) is 5.73 Å². The van der Waals surface area contributed by atoms with Crippen LogP contribution >= 0.6 is 0 Å². The van der Waals surface area contributed by atoms with Gasteiger partial charge in [-0.15, -0.1) is 0 Å². The Bertz CT molecular complexity index is 1750. The molecule has 0 spiro atoms. The second-order valence-electron chi connectivity index (χ2n) is 14.0. The molecule has 0 radical (unpaired) electrons. The minimum absolute atomic E-state index is 0.188. The average Bonchev–Trinajstić information content (AvgIpc) is 3.43. The van der Waals surface area contributed by atoms with Gasteiger partial charge in [0.1, 0.15) is 0 Å². The highest BCUT2D eigenvalue weighted by atomic mass is 19.4. The molecule has 3 saturated heterocycles. The van der Waals surface area contributed by atoms with Crippen molar-refractivity contribution in [2.75, 3.05) is 65.1 Å². The quantitative estimate of drug-likeness (QED) is 0.273. The van der Waals surface area contributed by atoms with Crippen LogP contribution in [-0.2, 0) is 28.4 Å². The number of imidazole rings is 1. The molecule has 1 atom stereocenters. The number of alkyl halides is 6. The first-order valence-electron chi connectivity index (χ1n) is 17.4. The number of H-pyrrole nitrogens is 1. The minimum atomic E-state index is -5.17. The lowest BCUT2D eigenvalue weighted by Crippen LogP contribution is -2.55. The number of hydrogen-bond acceptors (Lipinski definition) is 6. The summed E-state index contributed by atoms with van der Waals surface area (Å²) in [5.74, 6) is -2.11. The van der Waals surface area contributed by atoms with Crippen molar-refractivity contribution in [2.24, 2.45) is 5.92 Å². The van der Waals surface area contributed by atoms with E-state index in [1.54, 1.807) is 20.4 Å². The van der Waals surface area contributed by atoms with Crippen molar-refractivity contribution in [2.45, 2.75) is 63.0 Å². The third-order valence-electron chi connectivity index (χ3n) is 10.7. The van der Waals surface area contributed by atoms with Gasteiger partial charge < -0.3 is 25.4 Å². The third kappa shape index (κ3) is 8.06. The molecular weight excluding hydrogens is 680 g/mol. The maximum atomic E-state index is 14.1.